The first-order chi connectivity index (χ1) is 11.1. The van der Waals surface area contributed by atoms with Gasteiger partial charge >= 0.3 is 0 Å². The largest absolute Gasteiger partial charge is 0.336 e. The van der Waals surface area contributed by atoms with E-state index in [1.165, 1.54) is 5.56 Å². The highest BCUT2D eigenvalue weighted by Gasteiger charge is 2.54. The molecular weight excluding hydrogens is 286 g/mol. The van der Waals surface area contributed by atoms with Crippen molar-refractivity contribution in [2.75, 3.05) is 6.54 Å². The first kappa shape index (κ1) is 14.5. The Bertz CT molecular complexity index is 730. The summed E-state index contributed by atoms with van der Waals surface area (Å²) in [5.74, 6) is 1.32. The van der Waals surface area contributed by atoms with Crippen LogP contribution in [0.15, 0.2) is 36.5 Å². The number of benzene rings is 1. The molecule has 1 saturated heterocycles. The van der Waals surface area contributed by atoms with E-state index in [0.717, 1.165) is 43.7 Å². The first-order valence-electron chi connectivity index (χ1n) is 8.48. The predicted molar refractivity (Wildman–Crippen MR) is 89.0 cm³/mol. The molecule has 23 heavy (non-hydrogen) atoms. The summed E-state index contributed by atoms with van der Waals surface area (Å²) in [6.07, 6.45) is 6.06. The molecule has 1 amide bonds. The van der Waals surface area contributed by atoms with Crippen molar-refractivity contribution in [1.29, 1.82) is 0 Å². The van der Waals surface area contributed by atoms with Crippen LogP contribution in [-0.2, 0) is 17.3 Å². The number of carbonyl (C=O) groups is 1. The third kappa shape index (κ3) is 2.28. The Morgan fingerprint density at radius 3 is 2.61 bits per heavy atom. The quantitative estimate of drug-likeness (QED) is 0.873. The molecule has 120 valence electrons. The zero-order valence-electron chi connectivity index (χ0n) is 13.8. The number of amides is 1. The van der Waals surface area contributed by atoms with Gasteiger partial charge in [-0.1, -0.05) is 30.3 Å². The number of carbonyl (C=O) groups excluding carboxylic acids is 1. The predicted octanol–water partition coefficient (Wildman–Crippen LogP) is 3.12. The van der Waals surface area contributed by atoms with E-state index in [0.29, 0.717) is 5.91 Å². The summed E-state index contributed by atoms with van der Waals surface area (Å²) in [4.78, 5) is 20.1. The maximum atomic E-state index is 13.3. The number of hydrogen-bond donors (Lipinski definition) is 0. The molecule has 2 heterocycles. The van der Waals surface area contributed by atoms with Gasteiger partial charge in [0.15, 0.2) is 0 Å². The first-order valence-corrected chi connectivity index (χ1v) is 8.48. The van der Waals surface area contributed by atoms with E-state index in [4.69, 9.17) is 0 Å². The number of hydrogen-bond acceptors (Lipinski definition) is 2. The maximum absolute atomic E-state index is 13.3. The van der Waals surface area contributed by atoms with E-state index in [-0.39, 0.29) is 11.5 Å². The second-order valence-electron chi connectivity index (χ2n) is 6.96. The summed E-state index contributed by atoms with van der Waals surface area (Å²) < 4.78 is 2.08. The Hall–Kier alpha value is -2.10. The molecule has 2 fully saturated rings. The highest BCUT2D eigenvalue weighted by Crippen LogP contribution is 2.51. The molecular formula is C19H23N3O. The molecule has 2 aromatic rings. The molecule has 1 aromatic carbocycles. The van der Waals surface area contributed by atoms with Gasteiger partial charge in [-0.05, 0) is 38.2 Å². The normalized spacial score (nSPS) is 22.3. The second-order valence-corrected chi connectivity index (χ2v) is 6.96. The lowest BCUT2D eigenvalue weighted by molar-refractivity contribution is -0.135. The molecule has 0 N–H and O–H groups in total. The lowest BCUT2D eigenvalue weighted by Gasteiger charge is -2.29. The van der Waals surface area contributed by atoms with E-state index < -0.39 is 0 Å². The topological polar surface area (TPSA) is 38.1 Å². The third-order valence-electron chi connectivity index (χ3n) is 5.33. The van der Waals surface area contributed by atoms with Gasteiger partial charge in [0.25, 0.3) is 0 Å². The highest BCUT2D eigenvalue weighted by atomic mass is 16.2. The molecule has 4 rings (SSSR count). The molecule has 0 spiro atoms. The van der Waals surface area contributed by atoms with Gasteiger partial charge in [-0.2, -0.15) is 0 Å². The van der Waals surface area contributed by atoms with Gasteiger partial charge in [0, 0.05) is 19.8 Å². The van der Waals surface area contributed by atoms with Gasteiger partial charge < -0.3 is 9.47 Å². The average Bonchev–Trinajstić information content (AvgIpc) is 3.11. The number of rotatable bonds is 3. The highest BCUT2D eigenvalue weighted by molar-refractivity contribution is 5.91. The van der Waals surface area contributed by atoms with Gasteiger partial charge in [0.2, 0.25) is 5.91 Å². The van der Waals surface area contributed by atoms with Crippen LogP contribution in [0.5, 0.6) is 0 Å². The maximum Gasteiger partial charge on any atom is 0.233 e. The van der Waals surface area contributed by atoms with Gasteiger partial charge in [-0.15, -0.1) is 0 Å². The van der Waals surface area contributed by atoms with E-state index in [1.54, 1.807) is 0 Å². The number of aromatic nitrogens is 2. The molecule has 0 radical (unpaired) electrons. The number of nitrogens with zero attached hydrogens (tertiary/aromatic N) is 3. The minimum atomic E-state index is -0.274. The van der Waals surface area contributed by atoms with Gasteiger partial charge in [0.05, 0.1) is 17.2 Å². The van der Waals surface area contributed by atoms with Crippen LogP contribution in [0.2, 0.25) is 0 Å². The smallest absolute Gasteiger partial charge is 0.233 e. The third-order valence-corrected chi connectivity index (χ3v) is 5.33. The molecule has 0 unspecified atom stereocenters. The fourth-order valence-electron chi connectivity index (χ4n) is 4.01. The van der Waals surface area contributed by atoms with Crippen LogP contribution in [0.1, 0.15) is 48.8 Å². The zero-order valence-corrected chi connectivity index (χ0v) is 13.8. The van der Waals surface area contributed by atoms with Crippen molar-refractivity contribution < 1.29 is 4.79 Å². The lowest BCUT2D eigenvalue weighted by Crippen LogP contribution is -2.39. The van der Waals surface area contributed by atoms with Crippen LogP contribution in [0.25, 0.3) is 0 Å². The Kier molecular flexibility index (Phi) is 3.29. The van der Waals surface area contributed by atoms with Gasteiger partial charge in [-0.3, -0.25) is 4.79 Å². The summed E-state index contributed by atoms with van der Waals surface area (Å²) in [5, 5.41) is 0. The minimum Gasteiger partial charge on any atom is -0.336 e. The van der Waals surface area contributed by atoms with Crippen LogP contribution in [-0.4, -0.2) is 26.9 Å². The van der Waals surface area contributed by atoms with Crippen LogP contribution in [0, 0.1) is 6.92 Å². The Morgan fingerprint density at radius 1 is 1.26 bits per heavy atom. The van der Waals surface area contributed by atoms with Crippen molar-refractivity contribution in [3.63, 3.8) is 0 Å². The molecule has 1 atom stereocenters. The molecule has 1 saturated carbocycles. The van der Waals surface area contributed by atoms with Crippen molar-refractivity contribution in [2.24, 2.45) is 7.05 Å². The molecule has 1 aliphatic heterocycles. The van der Waals surface area contributed by atoms with E-state index in [2.05, 4.69) is 26.6 Å². The Morgan fingerprint density at radius 2 is 2.00 bits per heavy atom. The molecule has 1 aromatic heterocycles. The van der Waals surface area contributed by atoms with E-state index in [9.17, 15) is 4.79 Å². The minimum absolute atomic E-state index is 0.127. The standard InChI is InChI=1S/C19H23N3O/c1-14-13-21(2)17(20-14)16-9-6-12-22(16)18(23)19(10-11-19)15-7-4-3-5-8-15/h3-5,7-8,13,16H,6,9-12H2,1-2H3/t16-/m0/s1. The molecule has 0 bridgehead atoms. The number of imidazole rings is 1. The van der Waals surface area contributed by atoms with E-state index in [1.807, 2.05) is 38.4 Å². The van der Waals surface area contributed by atoms with E-state index >= 15 is 0 Å². The second kappa shape index (κ2) is 5.22. The zero-order chi connectivity index (χ0) is 16.0. The SMILES string of the molecule is Cc1cn(C)c([C@@H]2CCCN2C(=O)C2(c3ccccc3)CC2)n1. The van der Waals surface area contributed by atoms with Crippen LogP contribution >= 0.6 is 0 Å². The summed E-state index contributed by atoms with van der Waals surface area (Å²) in [7, 11) is 2.03. The molecule has 4 nitrogen and oxygen atoms in total. The average molecular weight is 309 g/mol. The van der Waals surface area contributed by atoms with Crippen molar-refractivity contribution in [3.8, 4) is 0 Å². The fraction of sp³-hybridized carbons (Fsp3) is 0.474. The summed E-state index contributed by atoms with van der Waals surface area (Å²) >= 11 is 0. The number of likely N-dealkylation sites (tertiary alicyclic amines) is 1. The Labute approximate surface area is 137 Å². The molecule has 1 aliphatic carbocycles. The van der Waals surface area contributed by atoms with Crippen LogP contribution in [0.4, 0.5) is 0 Å². The monoisotopic (exact) mass is 309 g/mol. The molecule has 2 aliphatic rings. The summed E-state index contributed by atoms with van der Waals surface area (Å²) in [6, 6.07) is 10.4. The van der Waals surface area contributed by atoms with Crippen molar-refractivity contribution in [3.05, 3.63) is 53.6 Å². The van der Waals surface area contributed by atoms with Crippen molar-refractivity contribution in [1.82, 2.24) is 14.5 Å². The molecule has 4 heteroatoms. The number of aryl methyl sites for hydroxylation is 2. The van der Waals surface area contributed by atoms with Gasteiger partial charge in [0.1, 0.15) is 5.82 Å². The Balaban J connectivity index is 1.64. The van der Waals surface area contributed by atoms with Crippen LogP contribution in [0.3, 0.4) is 0 Å². The lowest BCUT2D eigenvalue weighted by atomic mass is 9.94. The summed E-state index contributed by atoms with van der Waals surface area (Å²) in [6.45, 7) is 2.86. The van der Waals surface area contributed by atoms with Crippen LogP contribution < -0.4 is 0 Å². The van der Waals surface area contributed by atoms with Crippen molar-refractivity contribution >= 4 is 5.91 Å². The van der Waals surface area contributed by atoms with Crippen molar-refractivity contribution in [2.45, 2.75) is 44.1 Å². The summed E-state index contributed by atoms with van der Waals surface area (Å²) in [5.41, 5.74) is 1.92. The fourth-order valence-corrected chi connectivity index (χ4v) is 4.01. The van der Waals surface area contributed by atoms with Gasteiger partial charge in [-0.25, -0.2) is 4.98 Å².